The van der Waals surface area contributed by atoms with Gasteiger partial charge in [-0.3, -0.25) is 0 Å². The quantitative estimate of drug-likeness (QED) is 0.840. The fourth-order valence-corrected chi connectivity index (χ4v) is 3.80. The molecule has 0 saturated heterocycles. The summed E-state index contributed by atoms with van der Waals surface area (Å²) in [5, 5.41) is 8.79. The highest BCUT2D eigenvalue weighted by Crippen LogP contribution is 2.21. The van der Waals surface area contributed by atoms with Gasteiger partial charge in [-0.05, 0) is 18.2 Å². The Kier molecular flexibility index (Phi) is 4.18. The highest BCUT2D eigenvalue weighted by atomic mass is 32.2. The summed E-state index contributed by atoms with van der Waals surface area (Å²) in [6, 6.07) is 4.97. The lowest BCUT2D eigenvalue weighted by Crippen LogP contribution is -2.22. The van der Waals surface area contributed by atoms with Crippen molar-refractivity contribution in [3.05, 3.63) is 41.2 Å². The zero-order valence-corrected chi connectivity index (χ0v) is 11.1. The van der Waals surface area contributed by atoms with Crippen LogP contribution in [0.2, 0.25) is 0 Å². The molecule has 18 heavy (non-hydrogen) atoms. The minimum Gasteiger partial charge on any atom is -0.472 e. The first kappa shape index (κ1) is 13.3. The molecule has 2 heterocycles. The molecule has 0 aliphatic carbocycles. The number of rotatable bonds is 6. The summed E-state index contributed by atoms with van der Waals surface area (Å²) in [6.07, 6.45) is 3.46. The van der Waals surface area contributed by atoms with E-state index >= 15 is 0 Å². The fourth-order valence-electron chi connectivity index (χ4n) is 1.39. The standard InChI is InChI=1S/C11H13NO4S2/c13-5-3-10-1-2-11(17-10)18(14,15)12-7-9-4-6-16-8-9/h1-2,4,6,8,12-13H,3,5,7H2. The average Bonchev–Trinajstić information content (AvgIpc) is 2.98. The Labute approximate surface area is 109 Å². The molecule has 0 atom stereocenters. The first-order chi connectivity index (χ1) is 8.62. The molecular weight excluding hydrogens is 274 g/mol. The van der Waals surface area contributed by atoms with Crippen molar-refractivity contribution >= 4 is 21.4 Å². The van der Waals surface area contributed by atoms with E-state index in [0.29, 0.717) is 6.42 Å². The molecule has 2 aromatic heterocycles. The maximum atomic E-state index is 12.0. The monoisotopic (exact) mass is 287 g/mol. The van der Waals surface area contributed by atoms with Gasteiger partial charge in [0.15, 0.2) is 0 Å². The molecule has 0 fully saturated rings. The van der Waals surface area contributed by atoms with Gasteiger partial charge in [-0.15, -0.1) is 11.3 Å². The molecule has 5 nitrogen and oxygen atoms in total. The van der Waals surface area contributed by atoms with Gasteiger partial charge in [0, 0.05) is 30.0 Å². The Morgan fingerprint density at radius 2 is 2.17 bits per heavy atom. The Balaban J connectivity index is 2.05. The third-order valence-electron chi connectivity index (χ3n) is 2.31. The topological polar surface area (TPSA) is 79.5 Å². The summed E-state index contributed by atoms with van der Waals surface area (Å²) in [7, 11) is -3.49. The van der Waals surface area contributed by atoms with Crippen molar-refractivity contribution in [3.63, 3.8) is 0 Å². The summed E-state index contributed by atoms with van der Waals surface area (Å²) in [5.74, 6) is 0. The third-order valence-corrected chi connectivity index (χ3v) is 5.34. The molecule has 0 saturated carbocycles. The van der Waals surface area contributed by atoms with Gasteiger partial charge >= 0.3 is 0 Å². The van der Waals surface area contributed by atoms with Crippen molar-refractivity contribution in [1.29, 1.82) is 0 Å². The Morgan fingerprint density at radius 3 is 2.83 bits per heavy atom. The summed E-state index contributed by atoms with van der Waals surface area (Å²) in [5.41, 5.74) is 0.769. The van der Waals surface area contributed by atoms with Crippen LogP contribution in [-0.4, -0.2) is 20.1 Å². The number of hydrogen-bond acceptors (Lipinski definition) is 5. The second-order valence-corrected chi connectivity index (χ2v) is 6.81. The average molecular weight is 287 g/mol. The number of hydrogen-bond donors (Lipinski definition) is 2. The van der Waals surface area contributed by atoms with Crippen molar-refractivity contribution in [2.75, 3.05) is 6.61 Å². The van der Waals surface area contributed by atoms with Crippen molar-refractivity contribution in [2.45, 2.75) is 17.2 Å². The van der Waals surface area contributed by atoms with Crippen LogP contribution in [0.15, 0.2) is 39.4 Å². The summed E-state index contributed by atoms with van der Waals surface area (Å²) in [4.78, 5) is 0.848. The van der Waals surface area contributed by atoms with E-state index in [1.807, 2.05) is 0 Å². The molecule has 0 radical (unpaired) electrons. The number of thiophene rings is 1. The van der Waals surface area contributed by atoms with Gasteiger partial charge in [0.2, 0.25) is 10.0 Å². The fraction of sp³-hybridized carbons (Fsp3) is 0.273. The predicted octanol–water partition coefficient (Wildman–Crippen LogP) is 1.35. The molecule has 0 aromatic carbocycles. The SMILES string of the molecule is O=S(=O)(NCc1ccoc1)c1ccc(CCO)s1. The first-order valence-electron chi connectivity index (χ1n) is 5.32. The second-order valence-electron chi connectivity index (χ2n) is 3.65. The van der Waals surface area contributed by atoms with Crippen molar-refractivity contribution < 1.29 is 17.9 Å². The van der Waals surface area contributed by atoms with Gasteiger partial charge in [-0.25, -0.2) is 13.1 Å². The minimum absolute atomic E-state index is 0.0163. The van der Waals surface area contributed by atoms with Crippen molar-refractivity contribution in [1.82, 2.24) is 4.72 Å². The molecule has 2 N–H and O–H groups in total. The van der Waals surface area contributed by atoms with E-state index < -0.39 is 10.0 Å². The lowest BCUT2D eigenvalue weighted by Gasteiger charge is -2.02. The maximum absolute atomic E-state index is 12.0. The summed E-state index contributed by atoms with van der Waals surface area (Å²) in [6.45, 7) is 0.217. The van der Waals surface area contributed by atoms with E-state index in [0.717, 1.165) is 10.4 Å². The van der Waals surface area contributed by atoms with Crippen LogP contribution in [0.4, 0.5) is 0 Å². The van der Waals surface area contributed by atoms with E-state index in [1.54, 1.807) is 18.2 Å². The normalized spacial score (nSPS) is 11.8. The van der Waals surface area contributed by atoms with Gasteiger partial charge in [0.1, 0.15) is 4.21 Å². The maximum Gasteiger partial charge on any atom is 0.250 e. The van der Waals surface area contributed by atoms with Crippen LogP contribution >= 0.6 is 11.3 Å². The first-order valence-corrected chi connectivity index (χ1v) is 7.62. The smallest absolute Gasteiger partial charge is 0.250 e. The largest absolute Gasteiger partial charge is 0.472 e. The highest BCUT2D eigenvalue weighted by molar-refractivity contribution is 7.91. The molecular formula is C11H13NO4S2. The molecule has 0 amide bonds. The minimum atomic E-state index is -3.49. The van der Waals surface area contributed by atoms with Crippen LogP contribution in [0.1, 0.15) is 10.4 Å². The van der Waals surface area contributed by atoms with E-state index in [1.165, 1.54) is 23.9 Å². The Hall–Kier alpha value is -1.15. The highest BCUT2D eigenvalue weighted by Gasteiger charge is 2.16. The molecule has 0 unspecified atom stereocenters. The predicted molar refractivity (Wildman–Crippen MR) is 67.8 cm³/mol. The van der Waals surface area contributed by atoms with E-state index in [-0.39, 0.29) is 17.4 Å². The van der Waals surface area contributed by atoms with Crippen LogP contribution in [0.5, 0.6) is 0 Å². The molecule has 0 aliphatic rings. The van der Waals surface area contributed by atoms with Crippen LogP contribution in [-0.2, 0) is 23.0 Å². The van der Waals surface area contributed by atoms with E-state index in [9.17, 15) is 8.42 Å². The van der Waals surface area contributed by atoms with Gasteiger partial charge in [-0.2, -0.15) is 0 Å². The van der Waals surface area contributed by atoms with Crippen LogP contribution in [0.25, 0.3) is 0 Å². The zero-order valence-electron chi connectivity index (χ0n) is 9.50. The van der Waals surface area contributed by atoms with Crippen molar-refractivity contribution in [2.24, 2.45) is 0 Å². The number of nitrogens with one attached hydrogen (secondary N) is 1. The summed E-state index contributed by atoms with van der Waals surface area (Å²) < 4.78 is 31.5. The molecule has 7 heteroatoms. The number of furan rings is 1. The van der Waals surface area contributed by atoms with Gasteiger partial charge in [0.25, 0.3) is 0 Å². The molecule has 0 spiro atoms. The van der Waals surface area contributed by atoms with E-state index in [2.05, 4.69) is 4.72 Å². The number of aliphatic hydroxyl groups is 1. The molecule has 0 bridgehead atoms. The molecule has 2 aromatic rings. The van der Waals surface area contributed by atoms with Crippen LogP contribution in [0, 0.1) is 0 Å². The molecule has 98 valence electrons. The van der Waals surface area contributed by atoms with Crippen LogP contribution in [0.3, 0.4) is 0 Å². The third kappa shape index (κ3) is 3.20. The van der Waals surface area contributed by atoms with Gasteiger partial charge < -0.3 is 9.52 Å². The van der Waals surface area contributed by atoms with Gasteiger partial charge in [-0.1, -0.05) is 0 Å². The van der Waals surface area contributed by atoms with Gasteiger partial charge in [0.05, 0.1) is 12.5 Å². The van der Waals surface area contributed by atoms with Crippen molar-refractivity contribution in [3.8, 4) is 0 Å². The van der Waals surface area contributed by atoms with E-state index in [4.69, 9.17) is 9.52 Å². The molecule has 0 aliphatic heterocycles. The lowest BCUT2D eigenvalue weighted by molar-refractivity contribution is 0.300. The second kappa shape index (κ2) is 5.66. The zero-order chi connectivity index (χ0) is 13.0. The van der Waals surface area contributed by atoms with Crippen LogP contribution < -0.4 is 4.72 Å². The molecule has 2 rings (SSSR count). The summed E-state index contributed by atoms with van der Waals surface area (Å²) >= 11 is 1.17. The number of aliphatic hydroxyl groups excluding tert-OH is 1. The number of sulfonamides is 1. The lowest BCUT2D eigenvalue weighted by atomic mass is 10.4. The Bertz CT molecular complexity index is 586. The Morgan fingerprint density at radius 1 is 1.33 bits per heavy atom.